The minimum Gasteiger partial charge on any atom is -0.384 e. The molecular formula is C23H25BrF3N3O3S. The Hall–Kier alpha value is -1.95. The molecule has 0 radical (unpaired) electrons. The fourth-order valence-electron chi connectivity index (χ4n) is 4.53. The Balaban J connectivity index is 1.17. The monoisotopic (exact) mass is 559 g/mol. The lowest BCUT2D eigenvalue weighted by Crippen LogP contribution is -2.63. The number of rotatable bonds is 6. The van der Waals surface area contributed by atoms with Gasteiger partial charge in [0.25, 0.3) is 5.91 Å². The van der Waals surface area contributed by atoms with Crippen LogP contribution in [-0.2, 0) is 16.6 Å². The summed E-state index contributed by atoms with van der Waals surface area (Å²) >= 11 is 5.00. The molecule has 2 aliphatic rings. The highest BCUT2D eigenvalue weighted by Gasteiger charge is 2.41. The van der Waals surface area contributed by atoms with Gasteiger partial charge in [0.15, 0.2) is 0 Å². The maximum atomic E-state index is 12.8. The summed E-state index contributed by atoms with van der Waals surface area (Å²) in [5, 5.41) is 18.2. The second-order valence-corrected chi connectivity index (χ2v) is 10.7. The molecule has 3 N–H and O–H groups in total. The van der Waals surface area contributed by atoms with Gasteiger partial charge in [-0.05, 0) is 65.9 Å². The maximum Gasteiger partial charge on any atom is 0.416 e. The molecule has 2 fully saturated rings. The van der Waals surface area contributed by atoms with Crippen LogP contribution in [0.1, 0.15) is 46.5 Å². The summed E-state index contributed by atoms with van der Waals surface area (Å²) in [6.45, 7) is 1.08. The van der Waals surface area contributed by atoms with E-state index < -0.39 is 23.2 Å². The van der Waals surface area contributed by atoms with Crippen molar-refractivity contribution < 1.29 is 27.9 Å². The quantitative estimate of drug-likeness (QED) is 0.501. The van der Waals surface area contributed by atoms with E-state index in [-0.39, 0.29) is 24.1 Å². The van der Waals surface area contributed by atoms with Gasteiger partial charge in [-0.2, -0.15) is 13.2 Å². The van der Waals surface area contributed by atoms with Crippen LogP contribution in [0.25, 0.3) is 0 Å². The Morgan fingerprint density at radius 1 is 1.21 bits per heavy atom. The normalized spacial score (nSPS) is 23.9. The third-order valence-electron chi connectivity index (χ3n) is 6.46. The van der Waals surface area contributed by atoms with E-state index in [0.29, 0.717) is 32.0 Å². The van der Waals surface area contributed by atoms with E-state index in [0.717, 1.165) is 40.4 Å². The Bertz CT molecular complexity index is 1050. The lowest BCUT2D eigenvalue weighted by molar-refractivity contribution is -0.137. The number of nitrogens with zero attached hydrogens (tertiary/aromatic N) is 1. The number of alkyl halides is 3. The highest BCUT2D eigenvalue weighted by atomic mass is 79.9. The molecule has 0 bridgehead atoms. The number of hydrogen-bond donors (Lipinski definition) is 3. The van der Waals surface area contributed by atoms with Gasteiger partial charge < -0.3 is 15.7 Å². The molecule has 1 aliphatic carbocycles. The first kappa shape index (κ1) is 25.2. The SMILES string of the molecule is O=C(CNC(=O)c1cccc(C(F)(F)F)c1)NC1CN(C2CCC(O)(c3cc(Br)cs3)CC2)C1. The van der Waals surface area contributed by atoms with E-state index in [2.05, 4.69) is 31.5 Å². The van der Waals surface area contributed by atoms with Crippen LogP contribution in [0.2, 0.25) is 0 Å². The number of carbonyl (C=O) groups excluding carboxylic acids is 2. The van der Waals surface area contributed by atoms with Gasteiger partial charge in [-0.25, -0.2) is 0 Å². The molecular weight excluding hydrogens is 535 g/mol. The topological polar surface area (TPSA) is 81.7 Å². The van der Waals surface area contributed by atoms with Gasteiger partial charge in [0.05, 0.1) is 23.8 Å². The first-order valence-electron chi connectivity index (χ1n) is 11.0. The smallest absolute Gasteiger partial charge is 0.384 e. The van der Waals surface area contributed by atoms with Gasteiger partial charge in [0.1, 0.15) is 0 Å². The Morgan fingerprint density at radius 3 is 2.53 bits per heavy atom. The Morgan fingerprint density at radius 2 is 1.91 bits per heavy atom. The molecule has 2 heterocycles. The van der Waals surface area contributed by atoms with Crippen molar-refractivity contribution in [2.24, 2.45) is 0 Å². The zero-order valence-corrected chi connectivity index (χ0v) is 20.6. The summed E-state index contributed by atoms with van der Waals surface area (Å²) < 4.78 is 39.4. The minimum absolute atomic E-state index is 0.0352. The van der Waals surface area contributed by atoms with Gasteiger partial charge in [-0.1, -0.05) is 6.07 Å². The largest absolute Gasteiger partial charge is 0.416 e. The van der Waals surface area contributed by atoms with Gasteiger partial charge in [0.2, 0.25) is 5.91 Å². The van der Waals surface area contributed by atoms with E-state index in [4.69, 9.17) is 0 Å². The average molecular weight is 560 g/mol. The van der Waals surface area contributed by atoms with Crippen molar-refractivity contribution in [1.29, 1.82) is 0 Å². The molecule has 6 nitrogen and oxygen atoms in total. The zero-order chi connectivity index (χ0) is 24.5. The summed E-state index contributed by atoms with van der Waals surface area (Å²) in [4.78, 5) is 27.6. The number of aliphatic hydroxyl groups is 1. The summed E-state index contributed by atoms with van der Waals surface area (Å²) in [5.74, 6) is -1.12. The second-order valence-electron chi connectivity index (χ2n) is 8.87. The maximum absolute atomic E-state index is 12.8. The highest BCUT2D eigenvalue weighted by Crippen LogP contribution is 2.42. The zero-order valence-electron chi connectivity index (χ0n) is 18.2. The molecule has 2 aromatic rings. The lowest BCUT2D eigenvalue weighted by Gasteiger charge is -2.48. The molecule has 11 heteroatoms. The molecule has 34 heavy (non-hydrogen) atoms. The summed E-state index contributed by atoms with van der Waals surface area (Å²) in [5.41, 5.74) is -1.84. The molecule has 0 atom stereocenters. The van der Waals surface area contributed by atoms with Crippen LogP contribution >= 0.6 is 27.3 Å². The number of nitrogens with one attached hydrogen (secondary N) is 2. The lowest BCUT2D eigenvalue weighted by atomic mass is 9.80. The molecule has 4 rings (SSSR count). The van der Waals surface area contributed by atoms with Crippen LogP contribution < -0.4 is 10.6 Å². The van der Waals surface area contributed by atoms with Crippen LogP contribution in [0.4, 0.5) is 13.2 Å². The van der Waals surface area contributed by atoms with Crippen molar-refractivity contribution >= 4 is 39.1 Å². The van der Waals surface area contributed by atoms with E-state index in [9.17, 15) is 27.9 Å². The van der Waals surface area contributed by atoms with Crippen molar-refractivity contribution in [3.8, 4) is 0 Å². The Kier molecular flexibility index (Phi) is 7.37. The molecule has 1 aromatic heterocycles. The first-order valence-corrected chi connectivity index (χ1v) is 12.7. The number of thiophene rings is 1. The number of likely N-dealkylation sites (tertiary alicyclic amines) is 1. The number of carbonyl (C=O) groups is 2. The van der Waals surface area contributed by atoms with Crippen LogP contribution in [0.15, 0.2) is 40.2 Å². The fraction of sp³-hybridized carbons (Fsp3) is 0.478. The average Bonchev–Trinajstić information content (AvgIpc) is 3.22. The first-order chi connectivity index (χ1) is 16.0. The summed E-state index contributed by atoms with van der Waals surface area (Å²) in [6.07, 6.45) is -1.40. The summed E-state index contributed by atoms with van der Waals surface area (Å²) in [7, 11) is 0. The standard InChI is InChI=1S/C23H25BrF3N3O3S/c24-16-9-19(34-13-16)22(33)6-4-18(5-7-22)30-11-17(12-30)29-20(31)10-28-21(32)14-2-1-3-15(8-14)23(25,26)27/h1-3,8-9,13,17-18,33H,4-7,10-12H2,(H,28,32)(H,29,31). The number of amides is 2. The summed E-state index contributed by atoms with van der Waals surface area (Å²) in [6, 6.07) is 6.39. The number of benzene rings is 1. The third-order valence-corrected chi connectivity index (χ3v) is 8.35. The highest BCUT2D eigenvalue weighted by molar-refractivity contribution is 9.10. The molecule has 0 unspecified atom stereocenters. The van der Waals surface area contributed by atoms with E-state index in [1.54, 1.807) is 11.3 Å². The van der Waals surface area contributed by atoms with Gasteiger partial charge >= 0.3 is 6.18 Å². The molecule has 1 aromatic carbocycles. The molecule has 1 aliphatic heterocycles. The minimum atomic E-state index is -4.54. The second kappa shape index (κ2) is 9.96. The van der Waals surface area contributed by atoms with Crippen molar-refractivity contribution in [1.82, 2.24) is 15.5 Å². The van der Waals surface area contributed by atoms with Gasteiger partial charge in [-0.15, -0.1) is 11.3 Å². The van der Waals surface area contributed by atoms with Gasteiger partial charge in [0, 0.05) is 39.4 Å². The third kappa shape index (κ3) is 5.81. The number of halogens is 4. The predicted octanol–water partition coefficient (Wildman–Crippen LogP) is 3.89. The van der Waals surface area contributed by atoms with Crippen molar-refractivity contribution in [2.45, 2.75) is 49.5 Å². The molecule has 1 saturated heterocycles. The van der Waals surface area contributed by atoms with E-state index in [1.807, 2.05) is 11.4 Å². The van der Waals surface area contributed by atoms with Crippen LogP contribution in [0.5, 0.6) is 0 Å². The fourth-order valence-corrected chi connectivity index (χ4v) is 6.12. The van der Waals surface area contributed by atoms with Crippen molar-refractivity contribution in [3.63, 3.8) is 0 Å². The van der Waals surface area contributed by atoms with Crippen LogP contribution in [-0.4, -0.2) is 53.5 Å². The molecule has 0 spiro atoms. The van der Waals surface area contributed by atoms with E-state index >= 15 is 0 Å². The van der Waals surface area contributed by atoms with Crippen LogP contribution in [0.3, 0.4) is 0 Å². The van der Waals surface area contributed by atoms with Crippen molar-refractivity contribution in [3.05, 3.63) is 56.2 Å². The molecule has 2 amide bonds. The van der Waals surface area contributed by atoms with Crippen LogP contribution in [0, 0.1) is 0 Å². The molecule has 184 valence electrons. The number of hydrogen-bond acceptors (Lipinski definition) is 5. The molecule has 1 saturated carbocycles. The predicted molar refractivity (Wildman–Crippen MR) is 125 cm³/mol. The van der Waals surface area contributed by atoms with Gasteiger partial charge in [-0.3, -0.25) is 14.5 Å². The van der Waals surface area contributed by atoms with E-state index in [1.165, 1.54) is 6.07 Å². The Labute approximate surface area is 207 Å². The van der Waals surface area contributed by atoms with Crippen molar-refractivity contribution in [2.75, 3.05) is 19.6 Å².